The van der Waals surface area contributed by atoms with Crippen LogP contribution >= 0.6 is 0 Å². The lowest BCUT2D eigenvalue weighted by molar-refractivity contribution is 1.18. The lowest BCUT2D eigenvalue weighted by Gasteiger charge is -2.13. The minimum Gasteiger partial charge on any atom is -0.309 e. The molecule has 0 saturated heterocycles. The highest BCUT2D eigenvalue weighted by atomic mass is 15.0. The van der Waals surface area contributed by atoms with E-state index < -0.39 is 0 Å². The van der Waals surface area contributed by atoms with Crippen LogP contribution in [0.25, 0.3) is 76.9 Å². The summed E-state index contributed by atoms with van der Waals surface area (Å²) in [5.74, 6) is 0. The quantitative estimate of drug-likeness (QED) is 0.213. The lowest BCUT2D eigenvalue weighted by atomic mass is 9.99. The normalized spacial score (nSPS) is 11.8. The summed E-state index contributed by atoms with van der Waals surface area (Å²) < 4.78 is 4.93. The highest BCUT2D eigenvalue weighted by Crippen LogP contribution is 2.46. The zero-order valence-electron chi connectivity index (χ0n) is 22.9. The van der Waals surface area contributed by atoms with Crippen molar-refractivity contribution in [1.82, 2.24) is 9.13 Å². The average molecular weight is 535 g/mol. The predicted octanol–water partition coefficient (Wildman–Crippen LogP) is 10.7. The molecular formula is C40H26N2. The molecule has 2 nitrogen and oxygen atoms in total. The highest BCUT2D eigenvalue weighted by molar-refractivity contribution is 6.36. The maximum Gasteiger partial charge on any atom is 0.0647 e. The molecule has 0 spiro atoms. The zero-order chi connectivity index (χ0) is 27.6. The van der Waals surface area contributed by atoms with Crippen LogP contribution in [0, 0.1) is 0 Å². The summed E-state index contributed by atoms with van der Waals surface area (Å²) in [6.45, 7) is 0. The summed E-state index contributed by atoms with van der Waals surface area (Å²) in [5, 5.41) is 7.66. The predicted molar refractivity (Wildman–Crippen MR) is 178 cm³/mol. The maximum absolute atomic E-state index is 2.47. The van der Waals surface area contributed by atoms with Crippen molar-refractivity contribution in [3.8, 4) is 22.5 Å². The number of fused-ring (bicyclic) bond motifs is 10. The standard InChI is InChI=1S/C40H26N2/c1-3-13-27(14-4-1)28-23-25-30(26-24-28)41-36-22-12-10-20-34(36)38-39(41)32-18-8-7-17-31(32)37-33-19-9-11-21-35(33)42(40(37)38)29-15-5-2-6-16-29/h1-26H. The highest BCUT2D eigenvalue weighted by Gasteiger charge is 2.24. The van der Waals surface area contributed by atoms with Crippen LogP contribution < -0.4 is 0 Å². The molecule has 0 bridgehead atoms. The van der Waals surface area contributed by atoms with E-state index in [1.54, 1.807) is 0 Å². The first-order valence-corrected chi connectivity index (χ1v) is 14.5. The Hall–Kier alpha value is -5.60. The monoisotopic (exact) mass is 534 g/mol. The second-order valence-electron chi connectivity index (χ2n) is 10.9. The van der Waals surface area contributed by atoms with Gasteiger partial charge in [0.1, 0.15) is 0 Å². The number of benzene rings is 7. The molecule has 42 heavy (non-hydrogen) atoms. The van der Waals surface area contributed by atoms with Crippen molar-refractivity contribution in [2.45, 2.75) is 0 Å². The van der Waals surface area contributed by atoms with Gasteiger partial charge in [-0.15, -0.1) is 0 Å². The SMILES string of the molecule is c1ccc(-c2ccc(-n3c4ccccc4c4c3c3ccccc3c3c5ccccc5n(-c5ccccc5)c34)cc2)cc1. The second-order valence-corrected chi connectivity index (χ2v) is 10.9. The molecule has 2 aromatic heterocycles. The van der Waals surface area contributed by atoms with Crippen molar-refractivity contribution in [2.24, 2.45) is 0 Å². The number of hydrogen-bond acceptors (Lipinski definition) is 0. The summed E-state index contributed by atoms with van der Waals surface area (Å²) >= 11 is 0. The maximum atomic E-state index is 2.47. The molecule has 0 aliphatic rings. The summed E-state index contributed by atoms with van der Waals surface area (Å²) in [4.78, 5) is 0. The molecule has 2 heteroatoms. The van der Waals surface area contributed by atoms with Gasteiger partial charge in [0.25, 0.3) is 0 Å². The third kappa shape index (κ3) is 3.21. The Labute approximate surface area is 243 Å². The van der Waals surface area contributed by atoms with Gasteiger partial charge in [-0.1, -0.05) is 121 Å². The van der Waals surface area contributed by atoms with Crippen molar-refractivity contribution in [1.29, 1.82) is 0 Å². The van der Waals surface area contributed by atoms with E-state index in [0.717, 1.165) is 5.69 Å². The van der Waals surface area contributed by atoms with Crippen LogP contribution in [0.5, 0.6) is 0 Å². The van der Waals surface area contributed by atoms with Crippen LogP contribution in [0.15, 0.2) is 158 Å². The number of para-hydroxylation sites is 3. The third-order valence-electron chi connectivity index (χ3n) is 8.68. The first-order chi connectivity index (χ1) is 20.9. The number of nitrogens with zero attached hydrogens (tertiary/aromatic N) is 2. The van der Waals surface area contributed by atoms with Gasteiger partial charge in [-0.3, -0.25) is 0 Å². The third-order valence-corrected chi connectivity index (χ3v) is 8.68. The molecule has 0 fully saturated rings. The Kier molecular flexibility index (Phi) is 4.93. The molecule has 0 radical (unpaired) electrons. The van der Waals surface area contributed by atoms with Crippen molar-refractivity contribution in [3.63, 3.8) is 0 Å². The first kappa shape index (κ1) is 23.1. The van der Waals surface area contributed by atoms with Gasteiger partial charge < -0.3 is 9.13 Å². The van der Waals surface area contributed by atoms with Crippen LogP contribution in [-0.4, -0.2) is 9.13 Å². The van der Waals surface area contributed by atoms with E-state index >= 15 is 0 Å². The van der Waals surface area contributed by atoms with E-state index in [1.165, 1.54) is 71.2 Å². The Balaban J connectivity index is 1.50. The number of rotatable bonds is 3. The molecular weight excluding hydrogens is 508 g/mol. The van der Waals surface area contributed by atoms with Gasteiger partial charge in [0.15, 0.2) is 0 Å². The van der Waals surface area contributed by atoms with Gasteiger partial charge in [0.2, 0.25) is 0 Å². The summed E-state index contributed by atoms with van der Waals surface area (Å²) in [7, 11) is 0. The fourth-order valence-electron chi connectivity index (χ4n) is 6.94. The Morgan fingerprint density at radius 1 is 0.286 bits per heavy atom. The van der Waals surface area contributed by atoms with E-state index in [9.17, 15) is 0 Å². The summed E-state index contributed by atoms with van der Waals surface area (Å²) in [6.07, 6.45) is 0. The van der Waals surface area contributed by atoms with Crippen molar-refractivity contribution < 1.29 is 0 Å². The van der Waals surface area contributed by atoms with Gasteiger partial charge in [-0.05, 0) is 52.9 Å². The van der Waals surface area contributed by atoms with Crippen molar-refractivity contribution in [2.75, 3.05) is 0 Å². The van der Waals surface area contributed by atoms with Gasteiger partial charge in [0.05, 0.1) is 22.1 Å². The number of hydrogen-bond donors (Lipinski definition) is 0. The average Bonchev–Trinajstić information content (AvgIpc) is 3.60. The number of aromatic nitrogens is 2. The molecule has 0 aliphatic carbocycles. The van der Waals surface area contributed by atoms with E-state index in [1.807, 2.05) is 0 Å². The molecule has 0 aliphatic heterocycles. The Morgan fingerprint density at radius 2 is 0.738 bits per heavy atom. The molecule has 0 N–H and O–H groups in total. The van der Waals surface area contributed by atoms with E-state index in [2.05, 4.69) is 167 Å². The largest absolute Gasteiger partial charge is 0.309 e. The molecule has 0 atom stereocenters. The molecule has 9 rings (SSSR count). The minimum atomic E-state index is 1.16. The van der Waals surface area contributed by atoms with Crippen LogP contribution in [0.2, 0.25) is 0 Å². The molecule has 2 heterocycles. The fraction of sp³-hybridized carbons (Fsp3) is 0. The topological polar surface area (TPSA) is 9.86 Å². The Bertz CT molecular complexity index is 2430. The van der Waals surface area contributed by atoms with Gasteiger partial charge >= 0.3 is 0 Å². The molecule has 0 saturated carbocycles. The fourth-order valence-corrected chi connectivity index (χ4v) is 6.94. The molecule has 196 valence electrons. The van der Waals surface area contributed by atoms with Gasteiger partial charge in [-0.25, -0.2) is 0 Å². The Morgan fingerprint density at radius 3 is 1.40 bits per heavy atom. The minimum absolute atomic E-state index is 1.16. The second kappa shape index (κ2) is 8.95. The first-order valence-electron chi connectivity index (χ1n) is 14.5. The van der Waals surface area contributed by atoms with Gasteiger partial charge in [0, 0.05) is 38.3 Å². The van der Waals surface area contributed by atoms with Crippen LogP contribution in [0.3, 0.4) is 0 Å². The van der Waals surface area contributed by atoms with Crippen LogP contribution in [0.4, 0.5) is 0 Å². The molecule has 0 amide bonds. The van der Waals surface area contributed by atoms with Crippen LogP contribution in [-0.2, 0) is 0 Å². The van der Waals surface area contributed by atoms with E-state index in [4.69, 9.17) is 0 Å². The smallest absolute Gasteiger partial charge is 0.0647 e. The van der Waals surface area contributed by atoms with Crippen molar-refractivity contribution >= 4 is 54.4 Å². The zero-order valence-corrected chi connectivity index (χ0v) is 22.9. The van der Waals surface area contributed by atoms with E-state index in [-0.39, 0.29) is 0 Å². The van der Waals surface area contributed by atoms with Gasteiger partial charge in [-0.2, -0.15) is 0 Å². The summed E-state index contributed by atoms with van der Waals surface area (Å²) in [6, 6.07) is 57.0. The van der Waals surface area contributed by atoms with Crippen LogP contribution in [0.1, 0.15) is 0 Å². The van der Waals surface area contributed by atoms with E-state index in [0.29, 0.717) is 0 Å². The van der Waals surface area contributed by atoms with Crippen molar-refractivity contribution in [3.05, 3.63) is 158 Å². The lowest BCUT2D eigenvalue weighted by Crippen LogP contribution is -1.96. The molecule has 0 unspecified atom stereocenters. The molecule has 9 aromatic rings. The molecule has 7 aromatic carbocycles. The summed E-state index contributed by atoms with van der Waals surface area (Å²) in [5.41, 5.74) is 9.71.